The summed E-state index contributed by atoms with van der Waals surface area (Å²) in [5, 5.41) is 0. The average Bonchev–Trinajstić information content (AvgIpc) is 3.21. The molecule has 0 aliphatic carbocycles. The second-order valence-corrected chi connectivity index (χ2v) is 7.87. The lowest BCUT2D eigenvalue weighted by atomic mass is 10.1. The Morgan fingerprint density at radius 3 is 2.55 bits per heavy atom. The van der Waals surface area contributed by atoms with Crippen LogP contribution in [0.15, 0.2) is 30.3 Å². The zero-order valence-electron chi connectivity index (χ0n) is 17.5. The number of esters is 1. The molecule has 6 nitrogen and oxygen atoms in total. The fourth-order valence-electron chi connectivity index (χ4n) is 4.03. The Morgan fingerprint density at radius 2 is 1.93 bits per heavy atom. The summed E-state index contributed by atoms with van der Waals surface area (Å²) in [5.41, 5.74) is 3.74. The van der Waals surface area contributed by atoms with Gasteiger partial charge >= 0.3 is 5.97 Å². The number of ether oxygens (including phenoxy) is 1. The van der Waals surface area contributed by atoms with Crippen molar-refractivity contribution in [3.05, 3.63) is 58.4 Å². The Kier molecular flexibility index (Phi) is 6.20. The highest BCUT2D eigenvalue weighted by molar-refractivity contribution is 6.00. The third-order valence-electron chi connectivity index (χ3n) is 5.34. The van der Waals surface area contributed by atoms with Crippen molar-refractivity contribution >= 4 is 17.7 Å². The molecule has 6 heteroatoms. The lowest BCUT2D eigenvalue weighted by Gasteiger charge is -2.15. The molecular formula is C23H28N2O4. The Balaban J connectivity index is 1.64. The predicted molar refractivity (Wildman–Crippen MR) is 110 cm³/mol. The van der Waals surface area contributed by atoms with Gasteiger partial charge in [-0.3, -0.25) is 9.59 Å². The van der Waals surface area contributed by atoms with Crippen LogP contribution in [0.25, 0.3) is 0 Å². The lowest BCUT2D eigenvalue weighted by molar-refractivity contribution is -0.128. The van der Waals surface area contributed by atoms with Crippen molar-refractivity contribution in [2.45, 2.75) is 53.1 Å². The van der Waals surface area contributed by atoms with Crippen molar-refractivity contribution < 1.29 is 19.1 Å². The summed E-state index contributed by atoms with van der Waals surface area (Å²) in [6, 6.07) is 9.14. The maximum Gasteiger partial charge on any atom is 0.338 e. The van der Waals surface area contributed by atoms with Crippen LogP contribution in [0.4, 0.5) is 0 Å². The van der Waals surface area contributed by atoms with Gasteiger partial charge in [-0.15, -0.1) is 0 Å². The largest absolute Gasteiger partial charge is 0.454 e. The second-order valence-electron chi connectivity index (χ2n) is 7.87. The Bertz CT molecular complexity index is 942. The van der Waals surface area contributed by atoms with Gasteiger partial charge in [0.05, 0.1) is 5.56 Å². The number of ketones is 1. The van der Waals surface area contributed by atoms with Crippen LogP contribution < -0.4 is 0 Å². The van der Waals surface area contributed by atoms with E-state index in [1.54, 1.807) is 23.1 Å². The number of aromatic nitrogens is 1. The van der Waals surface area contributed by atoms with E-state index in [4.69, 9.17) is 4.74 Å². The lowest BCUT2D eigenvalue weighted by Crippen LogP contribution is -2.24. The number of hydrogen-bond donors (Lipinski definition) is 0. The third kappa shape index (κ3) is 4.58. The number of amides is 1. The van der Waals surface area contributed by atoms with E-state index < -0.39 is 5.97 Å². The quantitative estimate of drug-likeness (QED) is 0.527. The van der Waals surface area contributed by atoms with Crippen LogP contribution in [0, 0.1) is 13.8 Å². The van der Waals surface area contributed by atoms with Crippen molar-refractivity contribution in [1.82, 2.24) is 9.47 Å². The summed E-state index contributed by atoms with van der Waals surface area (Å²) in [5.74, 6) is -0.606. The van der Waals surface area contributed by atoms with Gasteiger partial charge in [0, 0.05) is 42.5 Å². The summed E-state index contributed by atoms with van der Waals surface area (Å²) in [6.45, 7) is 8.94. The van der Waals surface area contributed by atoms with Gasteiger partial charge in [0.15, 0.2) is 6.61 Å². The topological polar surface area (TPSA) is 68.6 Å². The molecule has 0 saturated carbocycles. The van der Waals surface area contributed by atoms with Crippen LogP contribution >= 0.6 is 0 Å². The second kappa shape index (κ2) is 8.64. The van der Waals surface area contributed by atoms with E-state index in [9.17, 15) is 14.4 Å². The van der Waals surface area contributed by atoms with Crippen molar-refractivity contribution in [3.8, 4) is 0 Å². The monoisotopic (exact) mass is 396 g/mol. The zero-order valence-corrected chi connectivity index (χ0v) is 17.5. The van der Waals surface area contributed by atoms with Crippen LogP contribution in [-0.4, -0.2) is 40.3 Å². The maximum absolute atomic E-state index is 12.6. The van der Waals surface area contributed by atoms with Gasteiger partial charge in [0.1, 0.15) is 0 Å². The van der Waals surface area contributed by atoms with Crippen LogP contribution in [0.3, 0.4) is 0 Å². The average molecular weight is 396 g/mol. The minimum Gasteiger partial charge on any atom is -0.454 e. The van der Waals surface area contributed by atoms with E-state index in [0.717, 1.165) is 29.9 Å². The van der Waals surface area contributed by atoms with Crippen molar-refractivity contribution in [2.75, 3.05) is 13.2 Å². The molecule has 0 N–H and O–H groups in total. The molecule has 1 aliphatic rings. The highest BCUT2D eigenvalue weighted by Crippen LogP contribution is 2.21. The fourth-order valence-corrected chi connectivity index (χ4v) is 4.03. The van der Waals surface area contributed by atoms with Gasteiger partial charge in [0.2, 0.25) is 11.7 Å². The molecule has 1 amide bonds. The predicted octanol–water partition coefficient (Wildman–Crippen LogP) is 3.85. The number of carbonyl (C=O) groups is 3. The molecule has 154 valence electrons. The molecule has 1 fully saturated rings. The van der Waals surface area contributed by atoms with E-state index in [2.05, 4.69) is 18.4 Å². The van der Waals surface area contributed by atoms with Crippen LogP contribution in [-0.2, 0) is 16.1 Å². The number of benzene rings is 1. The van der Waals surface area contributed by atoms with Gasteiger partial charge < -0.3 is 14.2 Å². The molecule has 0 bridgehead atoms. The molecule has 1 aliphatic heterocycles. The normalized spacial score (nSPS) is 14.0. The molecule has 0 spiro atoms. The first kappa shape index (κ1) is 20.8. The molecule has 29 heavy (non-hydrogen) atoms. The molecule has 3 rings (SSSR count). The fraction of sp³-hybridized carbons (Fsp3) is 0.435. The van der Waals surface area contributed by atoms with Gasteiger partial charge in [-0.1, -0.05) is 12.1 Å². The van der Waals surface area contributed by atoms with E-state index in [0.29, 0.717) is 24.1 Å². The first-order valence-corrected chi connectivity index (χ1v) is 10.0. The summed E-state index contributed by atoms with van der Waals surface area (Å²) < 4.78 is 7.37. The number of nitrogens with zero attached hydrogens (tertiary/aromatic N) is 2. The zero-order chi connectivity index (χ0) is 21.1. The van der Waals surface area contributed by atoms with E-state index in [1.165, 1.54) is 0 Å². The molecular weight excluding hydrogens is 368 g/mol. The molecule has 2 aromatic rings. The first-order chi connectivity index (χ1) is 13.8. The summed E-state index contributed by atoms with van der Waals surface area (Å²) in [4.78, 5) is 38.6. The number of carbonyl (C=O) groups excluding carboxylic acids is 3. The summed E-state index contributed by atoms with van der Waals surface area (Å²) in [7, 11) is 0. The van der Waals surface area contributed by atoms with E-state index in [-0.39, 0.29) is 24.3 Å². The molecule has 0 radical (unpaired) electrons. The van der Waals surface area contributed by atoms with Gasteiger partial charge in [0.25, 0.3) is 0 Å². The van der Waals surface area contributed by atoms with Crippen molar-refractivity contribution in [1.29, 1.82) is 0 Å². The van der Waals surface area contributed by atoms with Gasteiger partial charge in [-0.05, 0) is 57.9 Å². The number of rotatable bonds is 7. The molecule has 1 aromatic carbocycles. The standard InChI is InChI=1S/C23H28N2O4/c1-15(2)25-16(3)11-20(17(25)4)21(26)14-29-23(28)19-8-5-7-18(12-19)13-24-10-6-9-22(24)27/h5,7-8,11-12,15H,6,9-10,13-14H2,1-4H3. The van der Waals surface area contributed by atoms with Crippen LogP contribution in [0.2, 0.25) is 0 Å². The molecule has 2 heterocycles. The van der Waals surface area contributed by atoms with Gasteiger partial charge in [-0.25, -0.2) is 4.79 Å². The third-order valence-corrected chi connectivity index (χ3v) is 5.34. The minimum absolute atomic E-state index is 0.141. The molecule has 1 aromatic heterocycles. The SMILES string of the molecule is Cc1cc(C(=O)COC(=O)c2cccc(CN3CCCC3=O)c2)c(C)n1C(C)C. The molecule has 1 saturated heterocycles. The number of likely N-dealkylation sites (tertiary alicyclic amines) is 1. The van der Waals surface area contributed by atoms with E-state index >= 15 is 0 Å². The van der Waals surface area contributed by atoms with Crippen LogP contribution in [0.1, 0.15) is 70.4 Å². The van der Waals surface area contributed by atoms with Crippen molar-refractivity contribution in [3.63, 3.8) is 0 Å². The smallest absolute Gasteiger partial charge is 0.338 e. The summed E-state index contributed by atoms with van der Waals surface area (Å²) in [6.07, 6.45) is 1.46. The Hall–Kier alpha value is -2.89. The highest BCUT2D eigenvalue weighted by Gasteiger charge is 2.21. The maximum atomic E-state index is 12.6. The first-order valence-electron chi connectivity index (χ1n) is 10.0. The molecule has 0 atom stereocenters. The Morgan fingerprint density at radius 1 is 1.17 bits per heavy atom. The Labute approximate surface area is 171 Å². The number of hydrogen-bond acceptors (Lipinski definition) is 4. The van der Waals surface area contributed by atoms with Crippen LogP contribution in [0.5, 0.6) is 0 Å². The highest BCUT2D eigenvalue weighted by atomic mass is 16.5. The minimum atomic E-state index is -0.536. The van der Waals surface area contributed by atoms with E-state index in [1.807, 2.05) is 26.0 Å². The number of aryl methyl sites for hydroxylation is 1. The van der Waals surface area contributed by atoms with Gasteiger partial charge in [-0.2, -0.15) is 0 Å². The molecule has 0 unspecified atom stereocenters. The summed E-state index contributed by atoms with van der Waals surface area (Å²) >= 11 is 0. The number of Topliss-reactive ketones (excluding diaryl/α,β-unsaturated/α-hetero) is 1. The van der Waals surface area contributed by atoms with Crippen molar-refractivity contribution in [2.24, 2.45) is 0 Å².